The standard InChI is InChI=1S/C15H26O3/c1-13(2,17)10-5-6-14(3)8-11(16)9-15(4,18)12(14)7-10/h10,12,17-18H,5-9H2,1-4H3/t10-,12-,14+,15-/m1/s1. The monoisotopic (exact) mass is 254 g/mol. The molecule has 2 rings (SSSR count). The first-order chi connectivity index (χ1) is 8.05. The van der Waals surface area contributed by atoms with E-state index in [9.17, 15) is 15.0 Å². The third-order valence-corrected chi connectivity index (χ3v) is 5.33. The molecular weight excluding hydrogens is 228 g/mol. The number of rotatable bonds is 1. The van der Waals surface area contributed by atoms with Gasteiger partial charge in [-0.25, -0.2) is 0 Å². The summed E-state index contributed by atoms with van der Waals surface area (Å²) in [7, 11) is 0. The van der Waals surface area contributed by atoms with E-state index in [0.29, 0.717) is 6.42 Å². The molecule has 2 fully saturated rings. The van der Waals surface area contributed by atoms with E-state index in [1.807, 2.05) is 13.8 Å². The van der Waals surface area contributed by atoms with Crippen molar-refractivity contribution in [3.63, 3.8) is 0 Å². The van der Waals surface area contributed by atoms with Gasteiger partial charge in [-0.15, -0.1) is 0 Å². The highest BCUT2D eigenvalue weighted by molar-refractivity contribution is 5.81. The fourth-order valence-corrected chi connectivity index (χ4v) is 4.26. The van der Waals surface area contributed by atoms with Gasteiger partial charge < -0.3 is 10.2 Å². The van der Waals surface area contributed by atoms with Crippen LogP contribution < -0.4 is 0 Å². The van der Waals surface area contributed by atoms with Crippen molar-refractivity contribution in [2.24, 2.45) is 17.3 Å². The number of Topliss-reactive ketones (excluding diaryl/α,β-unsaturated/α-hetero) is 1. The smallest absolute Gasteiger partial charge is 0.136 e. The van der Waals surface area contributed by atoms with Crippen LogP contribution in [-0.2, 0) is 4.79 Å². The van der Waals surface area contributed by atoms with Crippen LogP contribution in [0, 0.1) is 17.3 Å². The molecular formula is C15H26O3. The van der Waals surface area contributed by atoms with Gasteiger partial charge in [0.15, 0.2) is 0 Å². The lowest BCUT2D eigenvalue weighted by Gasteiger charge is -2.54. The molecule has 4 atom stereocenters. The second kappa shape index (κ2) is 4.04. The lowest BCUT2D eigenvalue weighted by atomic mass is 9.52. The summed E-state index contributed by atoms with van der Waals surface area (Å²) < 4.78 is 0. The number of hydrogen-bond donors (Lipinski definition) is 2. The van der Waals surface area contributed by atoms with Gasteiger partial charge in [0.2, 0.25) is 0 Å². The molecule has 0 unspecified atom stereocenters. The van der Waals surface area contributed by atoms with Gasteiger partial charge in [0.25, 0.3) is 0 Å². The second-order valence-electron chi connectivity index (χ2n) is 7.58. The highest BCUT2D eigenvalue weighted by atomic mass is 16.3. The van der Waals surface area contributed by atoms with E-state index in [0.717, 1.165) is 19.3 Å². The van der Waals surface area contributed by atoms with Crippen molar-refractivity contribution in [1.29, 1.82) is 0 Å². The molecule has 3 heteroatoms. The van der Waals surface area contributed by atoms with Crippen molar-refractivity contribution in [3.8, 4) is 0 Å². The molecule has 0 amide bonds. The number of carbonyl (C=O) groups excluding carboxylic acids is 1. The summed E-state index contributed by atoms with van der Waals surface area (Å²) in [5.74, 6) is 0.517. The average molecular weight is 254 g/mol. The number of hydrogen-bond acceptors (Lipinski definition) is 3. The first-order valence-corrected chi connectivity index (χ1v) is 7.01. The maximum absolute atomic E-state index is 11.8. The van der Waals surface area contributed by atoms with Crippen LogP contribution in [0.5, 0.6) is 0 Å². The Labute approximate surface area is 110 Å². The topological polar surface area (TPSA) is 57.5 Å². The summed E-state index contributed by atoms with van der Waals surface area (Å²) >= 11 is 0. The molecule has 0 radical (unpaired) electrons. The van der Waals surface area contributed by atoms with Gasteiger partial charge >= 0.3 is 0 Å². The highest BCUT2D eigenvalue weighted by Crippen LogP contribution is 2.55. The van der Waals surface area contributed by atoms with Gasteiger partial charge in [-0.05, 0) is 57.3 Å². The predicted octanol–water partition coefficient (Wildman–Crippen LogP) is 2.29. The quantitative estimate of drug-likeness (QED) is 0.755. The molecule has 0 aromatic heterocycles. The molecule has 0 heterocycles. The molecule has 104 valence electrons. The number of fused-ring (bicyclic) bond motifs is 1. The Morgan fingerprint density at radius 2 is 1.89 bits per heavy atom. The minimum atomic E-state index is -0.909. The van der Waals surface area contributed by atoms with E-state index in [4.69, 9.17) is 0 Å². The Balaban J connectivity index is 2.26. The Hall–Kier alpha value is -0.410. The Bertz CT molecular complexity index is 353. The van der Waals surface area contributed by atoms with E-state index >= 15 is 0 Å². The fourth-order valence-electron chi connectivity index (χ4n) is 4.26. The summed E-state index contributed by atoms with van der Waals surface area (Å²) in [5.41, 5.74) is -1.69. The number of ketones is 1. The van der Waals surface area contributed by atoms with E-state index < -0.39 is 11.2 Å². The first kappa shape index (κ1) is 14.0. The maximum atomic E-state index is 11.8. The molecule has 3 nitrogen and oxygen atoms in total. The van der Waals surface area contributed by atoms with Crippen molar-refractivity contribution in [2.75, 3.05) is 0 Å². The Kier molecular flexibility index (Phi) is 3.14. The van der Waals surface area contributed by atoms with Crippen LogP contribution in [0.3, 0.4) is 0 Å². The molecule has 0 aromatic carbocycles. The van der Waals surface area contributed by atoms with Gasteiger partial charge in [0, 0.05) is 12.8 Å². The fraction of sp³-hybridized carbons (Fsp3) is 0.933. The van der Waals surface area contributed by atoms with E-state index in [-0.39, 0.29) is 29.5 Å². The van der Waals surface area contributed by atoms with Crippen LogP contribution in [0.4, 0.5) is 0 Å². The van der Waals surface area contributed by atoms with E-state index in [1.54, 1.807) is 6.92 Å². The largest absolute Gasteiger partial charge is 0.390 e. The molecule has 0 saturated heterocycles. The summed E-state index contributed by atoms with van der Waals surface area (Å²) in [6.07, 6.45) is 3.55. The molecule has 2 aliphatic rings. The Morgan fingerprint density at radius 1 is 1.28 bits per heavy atom. The predicted molar refractivity (Wildman–Crippen MR) is 70.1 cm³/mol. The SMILES string of the molecule is CC(C)(O)[C@@H]1CC[C@@]2(C)CC(=O)C[C@@](C)(O)[C@@H]2C1. The van der Waals surface area contributed by atoms with Crippen molar-refractivity contribution in [2.45, 2.75) is 71.0 Å². The highest BCUT2D eigenvalue weighted by Gasteiger charge is 2.54. The molecule has 0 aliphatic heterocycles. The van der Waals surface area contributed by atoms with Gasteiger partial charge in [-0.1, -0.05) is 6.92 Å². The van der Waals surface area contributed by atoms with E-state index in [2.05, 4.69) is 6.92 Å². The van der Waals surface area contributed by atoms with Gasteiger partial charge in [-0.3, -0.25) is 4.79 Å². The van der Waals surface area contributed by atoms with Crippen LogP contribution in [0.1, 0.15) is 59.8 Å². The van der Waals surface area contributed by atoms with Crippen LogP contribution >= 0.6 is 0 Å². The van der Waals surface area contributed by atoms with Crippen molar-refractivity contribution < 1.29 is 15.0 Å². The zero-order valence-corrected chi connectivity index (χ0v) is 12.0. The van der Waals surface area contributed by atoms with Crippen LogP contribution in [0.15, 0.2) is 0 Å². The van der Waals surface area contributed by atoms with Crippen molar-refractivity contribution in [1.82, 2.24) is 0 Å². The second-order valence-corrected chi connectivity index (χ2v) is 7.58. The van der Waals surface area contributed by atoms with Crippen molar-refractivity contribution in [3.05, 3.63) is 0 Å². The zero-order valence-electron chi connectivity index (χ0n) is 12.0. The molecule has 0 aromatic rings. The van der Waals surface area contributed by atoms with Crippen LogP contribution in [0.2, 0.25) is 0 Å². The van der Waals surface area contributed by atoms with Crippen LogP contribution in [0.25, 0.3) is 0 Å². The molecule has 2 saturated carbocycles. The summed E-state index contributed by atoms with van der Waals surface area (Å²) in [6, 6.07) is 0. The first-order valence-electron chi connectivity index (χ1n) is 7.01. The van der Waals surface area contributed by atoms with Gasteiger partial charge in [-0.2, -0.15) is 0 Å². The maximum Gasteiger partial charge on any atom is 0.136 e. The molecule has 18 heavy (non-hydrogen) atoms. The lowest BCUT2D eigenvalue weighted by molar-refractivity contribution is -0.160. The van der Waals surface area contributed by atoms with Crippen molar-refractivity contribution >= 4 is 5.78 Å². The number of carbonyl (C=O) groups is 1. The molecule has 2 N–H and O–H groups in total. The summed E-state index contributed by atoms with van der Waals surface area (Å²) in [4.78, 5) is 11.8. The molecule has 2 aliphatic carbocycles. The van der Waals surface area contributed by atoms with Crippen LogP contribution in [-0.4, -0.2) is 27.2 Å². The minimum absolute atomic E-state index is 0.0828. The van der Waals surface area contributed by atoms with Gasteiger partial charge in [0.05, 0.1) is 11.2 Å². The third kappa shape index (κ3) is 2.35. The normalized spacial score (nSPS) is 45.8. The van der Waals surface area contributed by atoms with E-state index in [1.165, 1.54) is 0 Å². The summed E-state index contributed by atoms with van der Waals surface area (Å²) in [6.45, 7) is 7.62. The van der Waals surface area contributed by atoms with Gasteiger partial charge in [0.1, 0.15) is 5.78 Å². The molecule has 0 bridgehead atoms. The average Bonchev–Trinajstić information content (AvgIpc) is 2.12. The Morgan fingerprint density at radius 3 is 2.44 bits per heavy atom. The number of aliphatic hydroxyl groups is 2. The minimum Gasteiger partial charge on any atom is -0.390 e. The third-order valence-electron chi connectivity index (χ3n) is 5.33. The lowest BCUT2D eigenvalue weighted by Crippen LogP contribution is -2.55. The zero-order chi connectivity index (χ0) is 13.8. The summed E-state index contributed by atoms with van der Waals surface area (Å²) in [5, 5.41) is 20.8. The molecule has 0 spiro atoms.